The number of nitrogens with one attached hydrogen (secondary N) is 1. The number of aromatic nitrogens is 3. The third kappa shape index (κ3) is 2.22. The number of hydrogen-bond acceptors (Lipinski definition) is 4. The highest BCUT2D eigenvalue weighted by Crippen LogP contribution is 2.25. The second-order valence-electron chi connectivity index (χ2n) is 4.12. The Morgan fingerprint density at radius 2 is 2.22 bits per heavy atom. The maximum atomic E-state index is 4.53. The molecule has 4 nitrogen and oxygen atoms in total. The third-order valence-corrected chi connectivity index (χ3v) is 3.83. The van der Waals surface area contributed by atoms with Gasteiger partial charge in [0.15, 0.2) is 5.13 Å². The molecule has 0 aliphatic carbocycles. The lowest BCUT2D eigenvalue weighted by atomic mass is 10.3. The molecular formula is C13H14N4S. The molecule has 0 bridgehead atoms. The number of rotatable bonds is 4. The fourth-order valence-corrected chi connectivity index (χ4v) is 2.76. The standard InChI is InChI=1S/C13H14N4S/c1-17-9-8-14-12(17)6-7-15-13-16-10-4-2-3-5-11(10)18-13/h2-5,8-9H,6-7H2,1H3,(H,15,16). The quantitative estimate of drug-likeness (QED) is 0.782. The lowest BCUT2D eigenvalue weighted by Crippen LogP contribution is -2.08. The second kappa shape index (κ2) is 4.78. The Morgan fingerprint density at radius 1 is 1.33 bits per heavy atom. The van der Waals surface area contributed by atoms with Crippen molar-refractivity contribution in [3.8, 4) is 0 Å². The van der Waals surface area contributed by atoms with Gasteiger partial charge in [-0.3, -0.25) is 0 Å². The van der Waals surface area contributed by atoms with Crippen LogP contribution < -0.4 is 5.32 Å². The minimum absolute atomic E-state index is 0.852. The number of imidazole rings is 1. The molecule has 3 aromatic rings. The summed E-state index contributed by atoms with van der Waals surface area (Å²) >= 11 is 1.69. The van der Waals surface area contributed by atoms with E-state index in [2.05, 4.69) is 21.4 Å². The lowest BCUT2D eigenvalue weighted by molar-refractivity contribution is 0.789. The normalized spacial score (nSPS) is 10.9. The molecule has 0 saturated heterocycles. The van der Waals surface area contributed by atoms with Crippen molar-refractivity contribution < 1.29 is 0 Å². The van der Waals surface area contributed by atoms with Crippen molar-refractivity contribution in [1.29, 1.82) is 0 Å². The zero-order valence-electron chi connectivity index (χ0n) is 10.1. The van der Waals surface area contributed by atoms with Gasteiger partial charge in [-0.2, -0.15) is 0 Å². The van der Waals surface area contributed by atoms with Crippen LogP contribution in [0, 0.1) is 0 Å². The van der Waals surface area contributed by atoms with Crippen LogP contribution in [0.5, 0.6) is 0 Å². The summed E-state index contributed by atoms with van der Waals surface area (Å²) in [5.74, 6) is 1.09. The Kier molecular flexibility index (Phi) is 2.98. The number of benzene rings is 1. The van der Waals surface area contributed by atoms with E-state index in [0.717, 1.165) is 29.4 Å². The van der Waals surface area contributed by atoms with Crippen molar-refractivity contribution in [2.24, 2.45) is 7.05 Å². The van der Waals surface area contributed by atoms with Gasteiger partial charge in [-0.05, 0) is 12.1 Å². The lowest BCUT2D eigenvalue weighted by Gasteiger charge is -2.02. The van der Waals surface area contributed by atoms with Gasteiger partial charge in [0, 0.05) is 32.4 Å². The predicted molar refractivity (Wildman–Crippen MR) is 75.0 cm³/mol. The van der Waals surface area contributed by atoms with E-state index in [4.69, 9.17) is 0 Å². The Hall–Kier alpha value is -1.88. The van der Waals surface area contributed by atoms with Gasteiger partial charge in [0.25, 0.3) is 0 Å². The highest BCUT2D eigenvalue weighted by Gasteiger charge is 2.03. The smallest absolute Gasteiger partial charge is 0.183 e. The molecule has 18 heavy (non-hydrogen) atoms. The first-order valence-electron chi connectivity index (χ1n) is 5.88. The molecule has 2 heterocycles. The molecule has 0 radical (unpaired) electrons. The van der Waals surface area contributed by atoms with Crippen LogP contribution in [0.3, 0.4) is 0 Å². The molecular weight excluding hydrogens is 244 g/mol. The summed E-state index contributed by atoms with van der Waals surface area (Å²) in [6.07, 6.45) is 4.69. The number of aryl methyl sites for hydroxylation is 1. The van der Waals surface area contributed by atoms with E-state index in [1.54, 1.807) is 11.3 Å². The molecule has 0 amide bonds. The van der Waals surface area contributed by atoms with E-state index in [1.165, 1.54) is 4.70 Å². The molecule has 0 saturated carbocycles. The van der Waals surface area contributed by atoms with Gasteiger partial charge in [-0.1, -0.05) is 23.5 Å². The van der Waals surface area contributed by atoms with E-state index in [9.17, 15) is 0 Å². The topological polar surface area (TPSA) is 42.7 Å². The van der Waals surface area contributed by atoms with Gasteiger partial charge < -0.3 is 9.88 Å². The Balaban J connectivity index is 1.65. The number of hydrogen-bond donors (Lipinski definition) is 1. The molecule has 92 valence electrons. The molecule has 0 spiro atoms. The maximum Gasteiger partial charge on any atom is 0.183 e. The van der Waals surface area contributed by atoms with E-state index >= 15 is 0 Å². The molecule has 2 aromatic heterocycles. The van der Waals surface area contributed by atoms with Crippen LogP contribution in [0.15, 0.2) is 36.7 Å². The van der Waals surface area contributed by atoms with E-state index in [1.807, 2.05) is 42.2 Å². The van der Waals surface area contributed by atoms with Crippen molar-refractivity contribution >= 4 is 26.7 Å². The summed E-state index contributed by atoms with van der Waals surface area (Å²) in [6, 6.07) is 8.19. The average molecular weight is 258 g/mol. The van der Waals surface area contributed by atoms with Gasteiger partial charge in [0.2, 0.25) is 0 Å². The number of anilines is 1. The monoisotopic (exact) mass is 258 g/mol. The summed E-state index contributed by atoms with van der Waals surface area (Å²) in [5.41, 5.74) is 1.06. The zero-order chi connectivity index (χ0) is 12.4. The van der Waals surface area contributed by atoms with Gasteiger partial charge in [0.1, 0.15) is 5.82 Å². The van der Waals surface area contributed by atoms with Crippen molar-refractivity contribution in [2.45, 2.75) is 6.42 Å². The van der Waals surface area contributed by atoms with Gasteiger partial charge in [-0.25, -0.2) is 9.97 Å². The zero-order valence-corrected chi connectivity index (χ0v) is 10.9. The molecule has 1 N–H and O–H groups in total. The summed E-state index contributed by atoms with van der Waals surface area (Å²) in [6.45, 7) is 0.852. The molecule has 0 fully saturated rings. The van der Waals surface area contributed by atoms with Crippen LogP contribution in [-0.4, -0.2) is 21.1 Å². The van der Waals surface area contributed by atoms with Crippen molar-refractivity contribution in [3.05, 3.63) is 42.5 Å². The minimum Gasteiger partial charge on any atom is -0.361 e. The number of thiazole rings is 1. The highest BCUT2D eigenvalue weighted by atomic mass is 32.1. The molecule has 1 aromatic carbocycles. The first kappa shape index (κ1) is 11.2. The Bertz CT molecular complexity index is 623. The molecule has 0 aliphatic heterocycles. The van der Waals surface area contributed by atoms with Crippen LogP contribution in [0.25, 0.3) is 10.2 Å². The molecule has 3 rings (SSSR count). The van der Waals surface area contributed by atoms with Crippen LogP contribution in [0.4, 0.5) is 5.13 Å². The first-order valence-corrected chi connectivity index (χ1v) is 6.70. The fourth-order valence-electron chi connectivity index (χ4n) is 1.87. The van der Waals surface area contributed by atoms with Gasteiger partial charge >= 0.3 is 0 Å². The number of para-hydroxylation sites is 1. The van der Waals surface area contributed by atoms with Crippen molar-refractivity contribution in [3.63, 3.8) is 0 Å². The SMILES string of the molecule is Cn1ccnc1CCNc1nc2ccccc2s1. The largest absolute Gasteiger partial charge is 0.361 e. The summed E-state index contributed by atoms with van der Waals surface area (Å²) < 4.78 is 3.26. The van der Waals surface area contributed by atoms with Crippen LogP contribution in [-0.2, 0) is 13.5 Å². The summed E-state index contributed by atoms with van der Waals surface area (Å²) in [4.78, 5) is 8.83. The second-order valence-corrected chi connectivity index (χ2v) is 5.15. The average Bonchev–Trinajstić information content (AvgIpc) is 2.96. The Labute approximate surface area is 109 Å². The van der Waals surface area contributed by atoms with E-state index < -0.39 is 0 Å². The van der Waals surface area contributed by atoms with Gasteiger partial charge in [0.05, 0.1) is 10.2 Å². The van der Waals surface area contributed by atoms with E-state index in [-0.39, 0.29) is 0 Å². The van der Waals surface area contributed by atoms with Crippen LogP contribution in [0.1, 0.15) is 5.82 Å². The Morgan fingerprint density at radius 3 is 3.00 bits per heavy atom. The third-order valence-electron chi connectivity index (χ3n) is 2.84. The maximum absolute atomic E-state index is 4.53. The molecule has 0 unspecified atom stereocenters. The van der Waals surface area contributed by atoms with Gasteiger partial charge in [-0.15, -0.1) is 0 Å². The molecule has 5 heteroatoms. The highest BCUT2D eigenvalue weighted by molar-refractivity contribution is 7.22. The molecule has 0 atom stereocenters. The number of fused-ring (bicyclic) bond motifs is 1. The van der Waals surface area contributed by atoms with Crippen molar-refractivity contribution in [2.75, 3.05) is 11.9 Å². The predicted octanol–water partition coefficient (Wildman–Crippen LogP) is 2.68. The fraction of sp³-hybridized carbons (Fsp3) is 0.231. The minimum atomic E-state index is 0.852. The van der Waals surface area contributed by atoms with E-state index in [0.29, 0.717) is 0 Å². The summed E-state index contributed by atoms with van der Waals surface area (Å²) in [5, 5.41) is 4.33. The first-order chi connectivity index (χ1) is 8.83. The van der Waals surface area contributed by atoms with Crippen LogP contribution in [0.2, 0.25) is 0 Å². The van der Waals surface area contributed by atoms with Crippen molar-refractivity contribution in [1.82, 2.24) is 14.5 Å². The summed E-state index contributed by atoms with van der Waals surface area (Å²) in [7, 11) is 2.01. The van der Waals surface area contributed by atoms with Crippen LogP contribution >= 0.6 is 11.3 Å². The number of nitrogens with zero attached hydrogens (tertiary/aromatic N) is 3. The molecule has 0 aliphatic rings.